The fraction of sp³-hybridized carbons (Fsp3) is 0.667. The number of aliphatic hydroxyl groups is 2. The van der Waals surface area contributed by atoms with Gasteiger partial charge in [0.15, 0.2) is 6.10 Å². The van der Waals surface area contributed by atoms with Crippen LogP contribution in [0.25, 0.3) is 0 Å². The van der Waals surface area contributed by atoms with Crippen molar-refractivity contribution >= 4 is 33.6 Å². The van der Waals surface area contributed by atoms with Gasteiger partial charge in [0.25, 0.3) is 0 Å². The van der Waals surface area contributed by atoms with Gasteiger partial charge in [-0.15, -0.1) is 0 Å². The van der Waals surface area contributed by atoms with Crippen molar-refractivity contribution < 1.29 is 75.8 Å². The smallest absolute Gasteiger partial charge is 0.463 e. The van der Waals surface area contributed by atoms with E-state index < -0.39 is 91.5 Å². The van der Waals surface area contributed by atoms with Crippen LogP contribution in [0.3, 0.4) is 0 Å². The highest BCUT2D eigenvalue weighted by atomic mass is 31.2. The molecule has 702 valence electrons. The van der Waals surface area contributed by atoms with Crippen molar-refractivity contribution in [2.75, 3.05) is 39.6 Å². The van der Waals surface area contributed by atoms with E-state index in [9.17, 15) is 43.5 Å². The largest absolute Gasteiger partial charge is 0.472 e. The molecule has 0 saturated carbocycles. The zero-order valence-corrected chi connectivity index (χ0v) is 79.3. The quantitative estimate of drug-likeness (QED) is 0.0146. The second kappa shape index (κ2) is 95.5. The van der Waals surface area contributed by atoms with Gasteiger partial charge in [0.2, 0.25) is 0 Å². The number of unbranched alkanes of at least 4 members (excludes halogenated alkanes) is 36. The normalized spacial score (nSPS) is 14.6. The molecule has 18 heteroatoms. The van der Waals surface area contributed by atoms with Gasteiger partial charge in [-0.05, 0) is 167 Å². The van der Waals surface area contributed by atoms with Crippen LogP contribution in [0.2, 0.25) is 0 Å². The van der Waals surface area contributed by atoms with Crippen molar-refractivity contribution in [2.45, 2.75) is 411 Å². The standard InChI is InChI=1S/C105H176O16P2/c1-4-7-10-13-16-19-22-25-28-31-34-37-40-42-44-46-48-49-51-53-54-56-59-61-64-67-70-73-76-79-82-85-88-91-103(108)115-94-100(106)95-117-122(111,112)118-96-101(107)97-119-123(113,114)120-99-102(121-105(110)93-90-87-84-81-78-75-72-69-66-63-58-39-36-33-30-27-24-21-18-15-12-9-6-3)98-116-104(109)92-89-86-83-80-77-74-71-68-65-62-60-57-55-52-50-47-45-43-41-38-35-32-29-26-23-20-17-14-11-8-5-2/h8-9,11-12,16-21,25-30,34-39,42-45,50,52,63,66,72,75,100-102,106-107H,4-7,10,13-15,22-24,31-33,40-41,46-49,51,53-62,64-65,67-71,73-74,76-99H2,1-3H3,(H,111,112)(H,113,114)/b11-8-,12-9-,19-16-,20-17-,21-18-,28-25-,29-26-,30-27-,37-34-,38-35-,39-36-,44-42-,45-43-,52-50-,66-63-,75-72-. The van der Waals surface area contributed by atoms with Gasteiger partial charge in [0, 0.05) is 19.3 Å². The molecule has 0 radical (unpaired) electrons. The monoisotopic (exact) mass is 1760 g/mol. The first kappa shape index (κ1) is 117. The number of phosphoric acid groups is 2. The summed E-state index contributed by atoms with van der Waals surface area (Å²) >= 11 is 0. The first-order chi connectivity index (χ1) is 60.2. The maximum absolute atomic E-state index is 13.1. The van der Waals surface area contributed by atoms with Crippen LogP contribution >= 0.6 is 15.6 Å². The number of ether oxygens (including phenoxy) is 3. The molecule has 0 fully saturated rings. The molecule has 0 aliphatic carbocycles. The highest BCUT2D eigenvalue weighted by Gasteiger charge is 2.30. The Bertz CT molecular complexity index is 3020. The van der Waals surface area contributed by atoms with Crippen molar-refractivity contribution in [3.05, 3.63) is 194 Å². The number of rotatable bonds is 91. The summed E-state index contributed by atoms with van der Waals surface area (Å²) in [5.74, 6) is -1.60. The molecule has 5 atom stereocenters. The van der Waals surface area contributed by atoms with Crippen LogP contribution in [-0.4, -0.2) is 95.9 Å². The zero-order valence-electron chi connectivity index (χ0n) is 77.5. The Morgan fingerprint density at radius 2 is 0.431 bits per heavy atom. The van der Waals surface area contributed by atoms with E-state index in [1.54, 1.807) is 0 Å². The Morgan fingerprint density at radius 3 is 0.683 bits per heavy atom. The zero-order chi connectivity index (χ0) is 89.3. The maximum atomic E-state index is 13.1. The molecule has 16 nitrogen and oxygen atoms in total. The number of carbonyl (C=O) groups excluding carboxylic acids is 3. The summed E-state index contributed by atoms with van der Waals surface area (Å²) in [5, 5.41) is 20.8. The molecule has 0 heterocycles. The third-order valence-corrected chi connectivity index (χ3v) is 22.2. The minimum atomic E-state index is -4.96. The minimum Gasteiger partial charge on any atom is -0.463 e. The first-order valence-corrected chi connectivity index (χ1v) is 51.7. The Kier molecular flexibility index (Phi) is 91.1. The van der Waals surface area contributed by atoms with Crippen LogP contribution in [0, 0.1) is 0 Å². The lowest BCUT2D eigenvalue weighted by molar-refractivity contribution is -0.161. The van der Waals surface area contributed by atoms with Crippen molar-refractivity contribution in [3.8, 4) is 0 Å². The summed E-state index contributed by atoms with van der Waals surface area (Å²) in [5.41, 5.74) is 0. The van der Waals surface area contributed by atoms with Gasteiger partial charge < -0.3 is 34.2 Å². The molecular weight excluding hydrogens is 1580 g/mol. The van der Waals surface area contributed by atoms with Crippen molar-refractivity contribution in [1.82, 2.24) is 0 Å². The van der Waals surface area contributed by atoms with Crippen LogP contribution in [0.5, 0.6) is 0 Å². The van der Waals surface area contributed by atoms with E-state index >= 15 is 0 Å². The van der Waals surface area contributed by atoms with Crippen LogP contribution < -0.4 is 0 Å². The fourth-order valence-corrected chi connectivity index (χ4v) is 14.6. The average molecular weight is 1760 g/mol. The van der Waals surface area contributed by atoms with E-state index in [2.05, 4.69) is 215 Å². The van der Waals surface area contributed by atoms with E-state index in [0.717, 1.165) is 173 Å². The molecule has 0 rings (SSSR count). The number of aliphatic hydroxyl groups excluding tert-OH is 2. The summed E-state index contributed by atoms with van der Waals surface area (Å²) in [7, 11) is -9.83. The van der Waals surface area contributed by atoms with Gasteiger partial charge in [0.1, 0.15) is 25.4 Å². The van der Waals surface area contributed by atoms with Gasteiger partial charge in [0.05, 0.1) is 26.4 Å². The minimum absolute atomic E-state index is 0.0682. The lowest BCUT2D eigenvalue weighted by atomic mass is 10.0. The Balaban J connectivity index is 4.62. The molecular formula is C105H176O16P2. The summed E-state index contributed by atoms with van der Waals surface area (Å²) in [4.78, 5) is 59.1. The molecule has 0 aromatic rings. The second-order valence-electron chi connectivity index (χ2n) is 32.1. The topological polar surface area (TPSA) is 231 Å². The molecule has 0 amide bonds. The molecule has 4 N–H and O–H groups in total. The highest BCUT2D eigenvalue weighted by molar-refractivity contribution is 7.47. The number of hydrogen-bond donors (Lipinski definition) is 4. The summed E-state index contributed by atoms with van der Waals surface area (Å²) in [6.45, 7) is 2.43. The molecule has 0 spiro atoms. The number of carbonyl (C=O) groups is 3. The first-order valence-electron chi connectivity index (χ1n) is 48.7. The van der Waals surface area contributed by atoms with Crippen molar-refractivity contribution in [3.63, 3.8) is 0 Å². The average Bonchev–Trinajstić information content (AvgIpc) is 0.912. The molecule has 0 bridgehead atoms. The van der Waals surface area contributed by atoms with E-state index in [1.165, 1.54) is 161 Å². The van der Waals surface area contributed by atoms with Crippen LogP contribution in [0.4, 0.5) is 0 Å². The predicted molar refractivity (Wildman–Crippen MR) is 518 cm³/mol. The lowest BCUT2D eigenvalue weighted by Gasteiger charge is -2.21. The van der Waals surface area contributed by atoms with Gasteiger partial charge in [-0.25, -0.2) is 9.13 Å². The summed E-state index contributed by atoms with van der Waals surface area (Å²) < 4.78 is 61.6. The summed E-state index contributed by atoms with van der Waals surface area (Å²) in [6.07, 6.45) is 128. The molecule has 0 aromatic heterocycles. The third kappa shape index (κ3) is 96.9. The van der Waals surface area contributed by atoms with E-state index in [1.807, 2.05) is 0 Å². The number of phosphoric ester groups is 2. The predicted octanol–water partition coefficient (Wildman–Crippen LogP) is 30.6. The SMILES string of the molecule is CC/C=C\C/C=C\C/C=C\C/C=C\C/C=C\C/C=C\CCCCCCCCCCCCCCC(=O)OCC(COP(=O)(O)OCC(O)COP(=O)(O)OCC(O)COC(=O)CCCCCCCCCCCCCCCCCCC/C=C\C/C=C\C/C=C\C/C=C\CCCCC)OC(=O)CCCCCC/C=C\C/C=C\C/C=C\C/C=C\C/C=C\C/C=C\CC. The lowest BCUT2D eigenvalue weighted by Crippen LogP contribution is -2.30. The maximum Gasteiger partial charge on any atom is 0.472 e. The number of esters is 3. The molecule has 0 saturated heterocycles. The Morgan fingerprint density at radius 1 is 0.236 bits per heavy atom. The van der Waals surface area contributed by atoms with E-state index in [-0.39, 0.29) is 19.3 Å². The van der Waals surface area contributed by atoms with Crippen molar-refractivity contribution in [2.24, 2.45) is 0 Å². The van der Waals surface area contributed by atoms with E-state index in [4.69, 9.17) is 32.3 Å². The number of hydrogen-bond acceptors (Lipinski definition) is 14. The Labute approximate surface area is 750 Å². The number of allylic oxidation sites excluding steroid dienone is 32. The highest BCUT2D eigenvalue weighted by Crippen LogP contribution is 2.45. The Hall–Kier alpha value is -5.61. The van der Waals surface area contributed by atoms with Crippen LogP contribution in [0.15, 0.2) is 194 Å². The third-order valence-electron chi connectivity index (χ3n) is 20.3. The van der Waals surface area contributed by atoms with E-state index in [0.29, 0.717) is 19.3 Å². The molecule has 5 unspecified atom stereocenters. The van der Waals surface area contributed by atoms with Gasteiger partial charge in [-0.2, -0.15) is 0 Å². The van der Waals surface area contributed by atoms with Gasteiger partial charge in [-0.1, -0.05) is 401 Å². The van der Waals surface area contributed by atoms with Gasteiger partial charge >= 0.3 is 33.6 Å². The molecule has 123 heavy (non-hydrogen) atoms. The van der Waals surface area contributed by atoms with Gasteiger partial charge in [-0.3, -0.25) is 32.5 Å². The molecule has 0 aromatic carbocycles. The van der Waals surface area contributed by atoms with Crippen molar-refractivity contribution in [1.29, 1.82) is 0 Å². The molecule has 0 aliphatic rings. The fourth-order valence-electron chi connectivity index (χ4n) is 13.0. The molecule has 0 aliphatic heterocycles. The van der Waals surface area contributed by atoms with Crippen LogP contribution in [0.1, 0.15) is 393 Å². The second-order valence-corrected chi connectivity index (χ2v) is 35.0. The van der Waals surface area contributed by atoms with Crippen LogP contribution in [-0.2, 0) is 55.8 Å². The summed E-state index contributed by atoms with van der Waals surface area (Å²) in [6, 6.07) is 0.